The van der Waals surface area contributed by atoms with Crippen molar-refractivity contribution in [1.82, 2.24) is 9.88 Å². The van der Waals surface area contributed by atoms with Crippen LogP contribution < -0.4 is 4.74 Å². The summed E-state index contributed by atoms with van der Waals surface area (Å²) in [6.07, 6.45) is 7.45. The van der Waals surface area contributed by atoms with Crippen LogP contribution in [0.5, 0.6) is 5.75 Å². The van der Waals surface area contributed by atoms with Gasteiger partial charge < -0.3 is 9.64 Å². The van der Waals surface area contributed by atoms with E-state index in [1.807, 2.05) is 36.5 Å². The molecule has 0 radical (unpaired) electrons. The molecule has 0 N–H and O–H groups in total. The molecule has 1 amide bonds. The first-order chi connectivity index (χ1) is 17.6. The van der Waals surface area contributed by atoms with Gasteiger partial charge in [-0.05, 0) is 97.5 Å². The van der Waals surface area contributed by atoms with Crippen LogP contribution in [-0.2, 0) is 6.42 Å². The largest absolute Gasteiger partial charge is 0.497 e. The molecule has 0 saturated carbocycles. The third-order valence-corrected chi connectivity index (χ3v) is 8.20. The number of pyridine rings is 1. The summed E-state index contributed by atoms with van der Waals surface area (Å²) in [4.78, 5) is 20.8. The highest BCUT2D eigenvalue weighted by Gasteiger charge is 2.43. The zero-order valence-corrected chi connectivity index (χ0v) is 21.0. The quantitative estimate of drug-likeness (QED) is 0.316. The van der Waals surface area contributed by atoms with Crippen molar-refractivity contribution in [2.45, 2.75) is 51.1 Å². The molecule has 1 aromatic heterocycles. The van der Waals surface area contributed by atoms with Crippen LogP contribution in [0.15, 0.2) is 79.0 Å². The second-order valence-electron chi connectivity index (χ2n) is 10.4. The lowest BCUT2D eigenvalue weighted by atomic mass is 9.85. The predicted octanol–water partition coefficient (Wildman–Crippen LogP) is 6.84. The Hall–Kier alpha value is -3.66. The Bertz CT molecular complexity index is 1400. The number of piperidine rings is 1. The lowest BCUT2D eigenvalue weighted by molar-refractivity contribution is 0.0524. The van der Waals surface area contributed by atoms with Gasteiger partial charge in [0.05, 0.1) is 12.6 Å². The Kier molecular flexibility index (Phi) is 5.96. The molecule has 6 rings (SSSR count). The second-order valence-corrected chi connectivity index (χ2v) is 10.4. The maximum absolute atomic E-state index is 13.9. The monoisotopic (exact) mass is 476 g/mol. The van der Waals surface area contributed by atoms with Crippen LogP contribution in [0.25, 0.3) is 22.0 Å². The van der Waals surface area contributed by atoms with E-state index in [0.29, 0.717) is 18.0 Å². The van der Waals surface area contributed by atoms with Crippen molar-refractivity contribution in [2.24, 2.45) is 5.92 Å². The normalized spacial score (nSPS) is 21.1. The van der Waals surface area contributed by atoms with E-state index in [1.54, 1.807) is 7.11 Å². The lowest BCUT2D eigenvalue weighted by Gasteiger charge is -2.39. The molecule has 2 unspecified atom stereocenters. The van der Waals surface area contributed by atoms with Crippen molar-refractivity contribution in [3.8, 4) is 16.9 Å². The minimum absolute atomic E-state index is 0.196. The summed E-state index contributed by atoms with van der Waals surface area (Å²) in [6, 6.07) is 25.4. The highest BCUT2D eigenvalue weighted by Crippen LogP contribution is 2.41. The summed E-state index contributed by atoms with van der Waals surface area (Å²) in [6.45, 7) is 2.08. The smallest absolute Gasteiger partial charge is 0.254 e. The molecular weight excluding hydrogens is 444 g/mol. The second kappa shape index (κ2) is 9.42. The number of nitrogens with zero attached hydrogens (tertiary/aromatic N) is 2. The van der Waals surface area contributed by atoms with E-state index in [9.17, 15) is 4.79 Å². The molecule has 4 nitrogen and oxygen atoms in total. The molecular formula is C32H32N2O2. The standard InChI is InChI=1S/C32H32N2O2/c1-21-29(24-10-14-28(36-2)15-11-24)7-5-8-30(21)32(35)34-26-12-13-27(34)19-22(18-26)16-23-17-25-6-3-4-9-31(25)33-20-23/h3-11,14-15,17,20,22,26-27H,12-13,16,18-19H2,1-2H3. The fraction of sp³-hybridized carbons (Fsp3) is 0.312. The molecule has 2 aliphatic heterocycles. The highest BCUT2D eigenvalue weighted by atomic mass is 16.5. The van der Waals surface area contributed by atoms with Gasteiger partial charge in [0.25, 0.3) is 5.91 Å². The Morgan fingerprint density at radius 2 is 1.72 bits per heavy atom. The summed E-state index contributed by atoms with van der Waals surface area (Å²) in [5.41, 5.74) is 6.45. The minimum Gasteiger partial charge on any atom is -0.497 e. The number of carbonyl (C=O) groups is 1. The zero-order chi connectivity index (χ0) is 24.6. The fourth-order valence-corrected chi connectivity index (χ4v) is 6.44. The molecule has 4 heteroatoms. The molecule has 3 aromatic carbocycles. The molecule has 182 valence electrons. The van der Waals surface area contributed by atoms with Gasteiger partial charge in [0.2, 0.25) is 0 Å². The number of amides is 1. The average molecular weight is 477 g/mol. The molecule has 3 heterocycles. The van der Waals surface area contributed by atoms with Crippen molar-refractivity contribution < 1.29 is 9.53 Å². The number of para-hydroxylation sites is 1. The van der Waals surface area contributed by atoms with Gasteiger partial charge in [-0.3, -0.25) is 9.78 Å². The van der Waals surface area contributed by atoms with Crippen LogP contribution >= 0.6 is 0 Å². The first kappa shape index (κ1) is 22.8. The number of carbonyl (C=O) groups excluding carboxylic acids is 1. The van der Waals surface area contributed by atoms with Gasteiger partial charge in [0.1, 0.15) is 5.75 Å². The van der Waals surface area contributed by atoms with Crippen molar-refractivity contribution in [2.75, 3.05) is 7.11 Å². The number of ether oxygens (including phenoxy) is 1. The van der Waals surface area contributed by atoms with Gasteiger partial charge in [-0.15, -0.1) is 0 Å². The van der Waals surface area contributed by atoms with E-state index >= 15 is 0 Å². The summed E-state index contributed by atoms with van der Waals surface area (Å²) >= 11 is 0. The number of hydrogen-bond acceptors (Lipinski definition) is 3. The van der Waals surface area contributed by atoms with E-state index < -0.39 is 0 Å². The zero-order valence-electron chi connectivity index (χ0n) is 21.0. The summed E-state index contributed by atoms with van der Waals surface area (Å²) in [5, 5.41) is 1.21. The Morgan fingerprint density at radius 1 is 0.972 bits per heavy atom. The van der Waals surface area contributed by atoms with Crippen LogP contribution in [0.1, 0.15) is 47.2 Å². The van der Waals surface area contributed by atoms with Crippen molar-refractivity contribution >= 4 is 16.8 Å². The molecule has 2 aliphatic rings. The SMILES string of the molecule is COc1ccc(-c2cccc(C(=O)N3C4CCC3CC(Cc3cnc5ccccc5c3)C4)c2C)cc1. The van der Waals surface area contributed by atoms with Crippen molar-refractivity contribution in [3.63, 3.8) is 0 Å². The fourth-order valence-electron chi connectivity index (χ4n) is 6.44. The molecule has 36 heavy (non-hydrogen) atoms. The molecule has 2 atom stereocenters. The first-order valence-electron chi connectivity index (χ1n) is 13.0. The number of hydrogen-bond donors (Lipinski definition) is 0. The third-order valence-electron chi connectivity index (χ3n) is 8.20. The minimum atomic E-state index is 0.196. The topological polar surface area (TPSA) is 42.4 Å². The average Bonchev–Trinajstić information content (AvgIpc) is 3.18. The lowest BCUT2D eigenvalue weighted by Crippen LogP contribution is -2.47. The van der Waals surface area contributed by atoms with Crippen LogP contribution in [0, 0.1) is 12.8 Å². The van der Waals surface area contributed by atoms with Crippen LogP contribution in [0.3, 0.4) is 0 Å². The Labute approximate surface area is 212 Å². The Balaban J connectivity index is 1.20. The molecule has 0 spiro atoms. The maximum Gasteiger partial charge on any atom is 0.254 e. The molecule has 2 fully saturated rings. The third kappa shape index (κ3) is 4.15. The molecule has 0 aliphatic carbocycles. The predicted molar refractivity (Wildman–Crippen MR) is 144 cm³/mol. The van der Waals surface area contributed by atoms with Gasteiger partial charge in [0.15, 0.2) is 0 Å². The number of fused-ring (bicyclic) bond motifs is 3. The van der Waals surface area contributed by atoms with Crippen molar-refractivity contribution in [3.05, 3.63) is 95.7 Å². The van der Waals surface area contributed by atoms with E-state index in [4.69, 9.17) is 4.74 Å². The van der Waals surface area contributed by atoms with Gasteiger partial charge in [-0.1, -0.05) is 42.5 Å². The van der Waals surface area contributed by atoms with Gasteiger partial charge in [-0.2, -0.15) is 0 Å². The summed E-state index contributed by atoms with van der Waals surface area (Å²) < 4.78 is 5.31. The number of rotatable bonds is 5. The molecule has 4 aromatic rings. The number of benzene rings is 3. The van der Waals surface area contributed by atoms with E-state index in [2.05, 4.69) is 59.3 Å². The number of aromatic nitrogens is 1. The summed E-state index contributed by atoms with van der Waals surface area (Å²) in [5.74, 6) is 1.63. The van der Waals surface area contributed by atoms with E-state index in [1.165, 1.54) is 10.9 Å². The van der Waals surface area contributed by atoms with Crippen molar-refractivity contribution in [1.29, 1.82) is 0 Å². The maximum atomic E-state index is 13.9. The van der Waals surface area contributed by atoms with E-state index in [0.717, 1.165) is 65.6 Å². The first-order valence-corrected chi connectivity index (χ1v) is 13.0. The van der Waals surface area contributed by atoms with Gasteiger partial charge in [-0.25, -0.2) is 0 Å². The Morgan fingerprint density at radius 3 is 2.47 bits per heavy atom. The highest BCUT2D eigenvalue weighted by molar-refractivity contribution is 5.98. The van der Waals surface area contributed by atoms with Gasteiger partial charge in [0, 0.05) is 29.2 Å². The van der Waals surface area contributed by atoms with E-state index in [-0.39, 0.29) is 5.91 Å². The van der Waals surface area contributed by atoms with Crippen LogP contribution in [0.2, 0.25) is 0 Å². The molecule has 2 bridgehead atoms. The van der Waals surface area contributed by atoms with Crippen LogP contribution in [0.4, 0.5) is 0 Å². The summed E-state index contributed by atoms with van der Waals surface area (Å²) in [7, 11) is 1.68. The molecule has 2 saturated heterocycles. The van der Waals surface area contributed by atoms with Crippen LogP contribution in [-0.4, -0.2) is 35.0 Å². The van der Waals surface area contributed by atoms with Gasteiger partial charge >= 0.3 is 0 Å². The number of methoxy groups -OCH3 is 1.